The molecule has 0 radical (unpaired) electrons. The maximum atomic E-state index is 13.3. The van der Waals surface area contributed by atoms with E-state index in [0.717, 1.165) is 18.8 Å². The van der Waals surface area contributed by atoms with Crippen molar-refractivity contribution in [3.8, 4) is 0 Å². The Morgan fingerprint density at radius 1 is 0.868 bits per heavy atom. The van der Waals surface area contributed by atoms with Crippen molar-refractivity contribution in [2.45, 2.75) is 124 Å². The van der Waals surface area contributed by atoms with Gasteiger partial charge in [0.05, 0.1) is 24.4 Å². The normalized spacial score (nSPS) is 18.6. The van der Waals surface area contributed by atoms with Crippen LogP contribution in [-0.4, -0.2) is 65.7 Å². The van der Waals surface area contributed by atoms with E-state index in [9.17, 15) is 4.79 Å². The minimum atomic E-state index is -2.93. The van der Waals surface area contributed by atoms with E-state index in [2.05, 4.69) is 79.3 Å². The summed E-state index contributed by atoms with van der Waals surface area (Å²) in [6.07, 6.45) is 3.05. The van der Waals surface area contributed by atoms with Gasteiger partial charge < -0.3 is 26.6 Å². The zero-order chi connectivity index (χ0) is 29.6. The van der Waals surface area contributed by atoms with Gasteiger partial charge in [-0.2, -0.15) is 0 Å². The molecule has 1 heterocycles. The number of hydrogen-bond acceptors (Lipinski definition) is 7. The molecule has 1 rings (SSSR count). The van der Waals surface area contributed by atoms with Crippen LogP contribution in [0.2, 0.25) is 65.0 Å². The van der Waals surface area contributed by atoms with Gasteiger partial charge in [0, 0.05) is 11.5 Å². The summed E-state index contributed by atoms with van der Waals surface area (Å²) < 4.78 is 37.2. The molecule has 0 saturated carbocycles. The molecule has 0 amide bonds. The second-order valence-corrected chi connectivity index (χ2v) is 31.5. The summed E-state index contributed by atoms with van der Waals surface area (Å²) in [5.74, 6) is 0.595. The monoisotopic (exact) mass is 606 g/mol. The minimum absolute atomic E-state index is 0.149. The zero-order valence-corrected chi connectivity index (χ0v) is 30.8. The van der Waals surface area contributed by atoms with Crippen molar-refractivity contribution in [3.63, 3.8) is 0 Å². The Balaban J connectivity index is 2.80. The molecule has 0 aromatic heterocycles. The van der Waals surface area contributed by atoms with E-state index in [4.69, 9.17) is 26.6 Å². The Kier molecular flexibility index (Phi) is 12.8. The summed E-state index contributed by atoms with van der Waals surface area (Å²) in [5, 5.41) is 0. The molecule has 0 aromatic carbocycles. The lowest BCUT2D eigenvalue weighted by atomic mass is 9.76. The van der Waals surface area contributed by atoms with Gasteiger partial charge in [-0.05, 0) is 91.5 Å². The fourth-order valence-electron chi connectivity index (χ4n) is 3.95. The van der Waals surface area contributed by atoms with Crippen LogP contribution < -0.4 is 0 Å². The van der Waals surface area contributed by atoms with Crippen LogP contribution in [0.1, 0.15) is 53.4 Å². The number of carbonyl (C=O) groups excluding carboxylic acids is 1. The summed E-state index contributed by atoms with van der Waals surface area (Å²) in [7, 11) is -8.73. The maximum absolute atomic E-state index is 13.3. The molecular weight excluding hydrogens is 549 g/mol. The predicted molar refractivity (Wildman–Crippen MR) is 166 cm³/mol. The van der Waals surface area contributed by atoms with Crippen molar-refractivity contribution in [3.05, 3.63) is 12.3 Å². The third-order valence-corrected chi connectivity index (χ3v) is 18.5. The summed E-state index contributed by atoms with van der Waals surface area (Å²) >= 11 is 0. The quantitative estimate of drug-likeness (QED) is 0.0493. The number of esters is 1. The Bertz CT molecular complexity index is 739. The van der Waals surface area contributed by atoms with Crippen LogP contribution in [0.4, 0.5) is 0 Å². The zero-order valence-electron chi connectivity index (χ0n) is 26.8. The first kappa shape index (κ1) is 35.7. The van der Waals surface area contributed by atoms with Crippen LogP contribution in [0.25, 0.3) is 0 Å². The Morgan fingerprint density at radius 2 is 1.34 bits per heavy atom. The highest BCUT2D eigenvalue weighted by Gasteiger charge is 2.49. The van der Waals surface area contributed by atoms with Crippen LogP contribution in [0.3, 0.4) is 0 Å². The van der Waals surface area contributed by atoms with Gasteiger partial charge in [-0.25, -0.2) is 0 Å². The first-order valence-corrected chi connectivity index (χ1v) is 26.4. The molecule has 2 unspecified atom stereocenters. The minimum Gasteiger partial charge on any atom is -0.495 e. The maximum Gasteiger partial charge on any atom is 0.469 e. The van der Waals surface area contributed by atoms with Gasteiger partial charge in [-0.15, -0.1) is 0 Å². The van der Waals surface area contributed by atoms with Gasteiger partial charge in [0.2, 0.25) is 0 Å². The van der Waals surface area contributed by atoms with Gasteiger partial charge in [0.25, 0.3) is 0 Å². The van der Waals surface area contributed by atoms with Gasteiger partial charge in [-0.1, -0.05) is 27.4 Å². The van der Waals surface area contributed by atoms with Crippen molar-refractivity contribution in [1.29, 1.82) is 0 Å². The van der Waals surface area contributed by atoms with Crippen LogP contribution >= 0.6 is 0 Å². The Labute approximate surface area is 238 Å². The summed E-state index contributed by atoms with van der Waals surface area (Å²) in [6, 6.07) is 0.664. The molecular formula is C27H58O7Si4. The molecule has 0 N–H and O–H groups in total. The predicted octanol–water partition coefficient (Wildman–Crippen LogP) is 7.56. The van der Waals surface area contributed by atoms with Gasteiger partial charge in [0.15, 0.2) is 25.0 Å². The lowest BCUT2D eigenvalue weighted by Gasteiger charge is -2.43. The molecule has 1 aliphatic rings. The molecule has 224 valence electrons. The molecule has 0 aliphatic carbocycles. The standard InChI is InChI=1S/C27H58O7Si4/c1-15-27(5,18-17-26(3,4)23(2)30-21-24-22-31-24)25(28)29-19-16-20-38(32-35(6,7)8,33-36(9,10)11)34-37(12,13)14/h24H,2,15-22H2,1,3-14H3. The highest BCUT2D eigenvalue weighted by atomic mass is 28.5. The molecule has 11 heteroatoms. The Hall–Kier alpha value is -0.282. The molecule has 1 fully saturated rings. The number of ether oxygens (including phenoxy) is 3. The summed E-state index contributed by atoms with van der Waals surface area (Å²) in [6.45, 7) is 33.7. The fraction of sp³-hybridized carbons (Fsp3) is 0.889. The molecule has 1 aliphatic heterocycles. The number of hydrogen-bond donors (Lipinski definition) is 0. The summed E-state index contributed by atoms with van der Waals surface area (Å²) in [5.41, 5.74) is -0.808. The van der Waals surface area contributed by atoms with Gasteiger partial charge in [0.1, 0.15) is 12.7 Å². The molecule has 7 nitrogen and oxygen atoms in total. The van der Waals surface area contributed by atoms with Crippen molar-refractivity contribution in [2.24, 2.45) is 10.8 Å². The second kappa shape index (κ2) is 13.6. The third-order valence-electron chi connectivity index (χ3n) is 6.42. The first-order valence-electron chi connectivity index (χ1n) is 14.2. The van der Waals surface area contributed by atoms with Gasteiger partial charge >= 0.3 is 14.8 Å². The summed E-state index contributed by atoms with van der Waals surface area (Å²) in [4.78, 5) is 13.3. The van der Waals surface area contributed by atoms with E-state index in [-0.39, 0.29) is 17.5 Å². The Morgan fingerprint density at radius 3 is 1.74 bits per heavy atom. The highest BCUT2D eigenvalue weighted by Crippen LogP contribution is 2.39. The van der Waals surface area contributed by atoms with Crippen LogP contribution in [-0.2, 0) is 31.4 Å². The van der Waals surface area contributed by atoms with Crippen LogP contribution in [0.5, 0.6) is 0 Å². The van der Waals surface area contributed by atoms with E-state index in [1.54, 1.807) is 0 Å². The lowest BCUT2D eigenvalue weighted by Crippen LogP contribution is -2.60. The van der Waals surface area contributed by atoms with E-state index < -0.39 is 39.2 Å². The van der Waals surface area contributed by atoms with E-state index in [1.165, 1.54) is 0 Å². The molecule has 0 aromatic rings. The van der Waals surface area contributed by atoms with Crippen LogP contribution in [0, 0.1) is 10.8 Å². The first-order chi connectivity index (χ1) is 17.0. The van der Waals surface area contributed by atoms with Crippen molar-refractivity contribution < 1.29 is 31.4 Å². The van der Waals surface area contributed by atoms with E-state index in [1.807, 2.05) is 13.8 Å². The van der Waals surface area contributed by atoms with Crippen molar-refractivity contribution in [1.82, 2.24) is 0 Å². The second-order valence-electron chi connectivity index (χ2n) is 14.6. The lowest BCUT2D eigenvalue weighted by molar-refractivity contribution is -0.156. The molecule has 0 bridgehead atoms. The number of epoxide rings is 1. The average molecular weight is 607 g/mol. The van der Waals surface area contributed by atoms with Crippen LogP contribution in [0.15, 0.2) is 12.3 Å². The smallest absolute Gasteiger partial charge is 0.469 e. The SMILES string of the molecule is C=C(OCC1CO1)C(C)(C)CCC(C)(CC)C(=O)OCCC[Si](O[Si](C)(C)C)(O[Si](C)(C)C)O[Si](C)(C)C. The fourth-order valence-corrected chi connectivity index (χ4v) is 18.6. The molecule has 0 spiro atoms. The molecule has 2 atom stereocenters. The van der Waals surface area contributed by atoms with E-state index >= 15 is 0 Å². The molecule has 1 saturated heterocycles. The third kappa shape index (κ3) is 13.9. The van der Waals surface area contributed by atoms with Gasteiger partial charge in [-0.3, -0.25) is 4.79 Å². The average Bonchev–Trinajstić information content (AvgIpc) is 3.53. The molecule has 38 heavy (non-hydrogen) atoms. The highest BCUT2D eigenvalue weighted by molar-refractivity contribution is 6.90. The van der Waals surface area contributed by atoms with Crippen molar-refractivity contribution in [2.75, 3.05) is 19.8 Å². The number of rotatable bonds is 19. The van der Waals surface area contributed by atoms with Crippen molar-refractivity contribution >= 4 is 39.7 Å². The topological polar surface area (TPSA) is 75.8 Å². The number of allylic oxidation sites excluding steroid dienone is 1. The number of carbonyl (C=O) groups is 1. The van der Waals surface area contributed by atoms with E-state index in [0.29, 0.717) is 38.5 Å². The largest absolute Gasteiger partial charge is 0.495 e.